The highest BCUT2D eigenvalue weighted by Crippen LogP contribution is 2.12. The first-order valence-corrected chi connectivity index (χ1v) is 7.26. The lowest BCUT2D eigenvalue weighted by Crippen LogP contribution is -2.32. The molecule has 7 heteroatoms. The number of carbonyl (C=O) groups is 2. The van der Waals surface area contributed by atoms with Crippen LogP contribution in [0.5, 0.6) is 0 Å². The molecule has 0 fully saturated rings. The van der Waals surface area contributed by atoms with E-state index in [0.717, 1.165) is 12.8 Å². The average Bonchev–Trinajstić information content (AvgIpc) is 2.78. The molecule has 1 aromatic heterocycles. The number of carbonyl (C=O) groups excluding carboxylic acids is 1. The van der Waals surface area contributed by atoms with Crippen LogP contribution in [-0.2, 0) is 17.8 Å². The van der Waals surface area contributed by atoms with E-state index >= 15 is 0 Å². The molecule has 118 valence electrons. The quantitative estimate of drug-likeness (QED) is 0.784. The molecular formula is C14H24N4O3. The van der Waals surface area contributed by atoms with E-state index in [2.05, 4.69) is 17.2 Å². The highest BCUT2D eigenvalue weighted by atomic mass is 16.4. The molecule has 21 heavy (non-hydrogen) atoms. The molecule has 0 unspecified atom stereocenters. The van der Waals surface area contributed by atoms with Gasteiger partial charge in [-0.1, -0.05) is 32.4 Å². The van der Waals surface area contributed by atoms with Crippen LogP contribution in [0.15, 0.2) is 0 Å². The van der Waals surface area contributed by atoms with Gasteiger partial charge in [-0.2, -0.15) is 0 Å². The number of hydrogen-bond donors (Lipinski definition) is 1. The Morgan fingerprint density at radius 2 is 2.05 bits per heavy atom. The van der Waals surface area contributed by atoms with Crippen molar-refractivity contribution in [2.75, 3.05) is 13.6 Å². The van der Waals surface area contributed by atoms with Crippen LogP contribution >= 0.6 is 0 Å². The average molecular weight is 296 g/mol. The van der Waals surface area contributed by atoms with E-state index in [-0.39, 0.29) is 24.1 Å². The Morgan fingerprint density at radius 3 is 2.57 bits per heavy atom. The Kier molecular flexibility index (Phi) is 6.33. The van der Waals surface area contributed by atoms with E-state index in [9.17, 15) is 9.59 Å². The molecular weight excluding hydrogens is 272 g/mol. The Balaban J connectivity index is 2.87. The summed E-state index contributed by atoms with van der Waals surface area (Å²) in [5, 5.41) is 16.7. The summed E-state index contributed by atoms with van der Waals surface area (Å²) in [6.07, 6.45) is 2.49. The van der Waals surface area contributed by atoms with E-state index in [1.54, 1.807) is 11.9 Å². The van der Waals surface area contributed by atoms with Gasteiger partial charge in [0.25, 0.3) is 0 Å². The summed E-state index contributed by atoms with van der Waals surface area (Å²) < 4.78 is 1.41. The normalized spacial score (nSPS) is 10.9. The second kappa shape index (κ2) is 7.75. The lowest BCUT2D eigenvalue weighted by atomic mass is 10.1. The van der Waals surface area contributed by atoms with E-state index in [1.807, 2.05) is 13.8 Å². The van der Waals surface area contributed by atoms with Crippen molar-refractivity contribution in [3.05, 3.63) is 11.4 Å². The smallest absolute Gasteiger partial charge is 0.358 e. The molecule has 0 aliphatic rings. The van der Waals surface area contributed by atoms with Gasteiger partial charge in [0.15, 0.2) is 5.69 Å². The number of aromatic carboxylic acids is 1. The van der Waals surface area contributed by atoms with Gasteiger partial charge >= 0.3 is 5.97 Å². The van der Waals surface area contributed by atoms with Crippen molar-refractivity contribution >= 4 is 11.9 Å². The third kappa shape index (κ3) is 4.84. The molecule has 0 aliphatic carbocycles. The molecule has 1 rings (SSSR count). The van der Waals surface area contributed by atoms with Crippen molar-refractivity contribution in [1.82, 2.24) is 19.9 Å². The van der Waals surface area contributed by atoms with E-state index in [4.69, 9.17) is 5.11 Å². The highest BCUT2D eigenvalue weighted by molar-refractivity contribution is 5.86. The second-order valence-electron chi connectivity index (χ2n) is 5.61. The van der Waals surface area contributed by atoms with Gasteiger partial charge in [-0.25, -0.2) is 9.48 Å². The van der Waals surface area contributed by atoms with Crippen LogP contribution in [0, 0.1) is 5.92 Å². The van der Waals surface area contributed by atoms with Crippen molar-refractivity contribution in [1.29, 1.82) is 0 Å². The summed E-state index contributed by atoms with van der Waals surface area (Å²) in [7, 11) is 1.75. The fourth-order valence-corrected chi connectivity index (χ4v) is 1.98. The fourth-order valence-electron chi connectivity index (χ4n) is 1.98. The van der Waals surface area contributed by atoms with Crippen molar-refractivity contribution < 1.29 is 14.7 Å². The molecule has 1 aromatic rings. The van der Waals surface area contributed by atoms with Gasteiger partial charge < -0.3 is 10.0 Å². The first kappa shape index (κ1) is 17.1. The van der Waals surface area contributed by atoms with Gasteiger partial charge in [0.05, 0.1) is 5.69 Å². The number of carboxylic acids is 1. The number of hydrogen-bond acceptors (Lipinski definition) is 4. The van der Waals surface area contributed by atoms with Crippen LogP contribution in [0.4, 0.5) is 0 Å². The van der Waals surface area contributed by atoms with Crippen LogP contribution < -0.4 is 0 Å². The number of nitrogens with zero attached hydrogens (tertiary/aromatic N) is 4. The molecule has 1 N–H and O–H groups in total. The Morgan fingerprint density at radius 1 is 1.38 bits per heavy atom. The first-order chi connectivity index (χ1) is 9.86. The van der Waals surface area contributed by atoms with Gasteiger partial charge in [0, 0.05) is 13.6 Å². The standard InChI is InChI=1S/C14H24N4O3/c1-5-6-7-17(4)12(19)9-18-11(8-10(2)3)13(14(20)21)15-16-18/h10H,5-9H2,1-4H3,(H,20,21). The maximum absolute atomic E-state index is 12.1. The van der Waals surface area contributed by atoms with Crippen molar-refractivity contribution in [2.45, 2.75) is 46.6 Å². The van der Waals surface area contributed by atoms with E-state index in [0.29, 0.717) is 18.7 Å². The van der Waals surface area contributed by atoms with Gasteiger partial charge in [-0.15, -0.1) is 5.10 Å². The number of carboxylic acid groups (broad SMARTS) is 1. The first-order valence-electron chi connectivity index (χ1n) is 7.26. The minimum atomic E-state index is -1.11. The van der Waals surface area contributed by atoms with Gasteiger partial charge in [-0.05, 0) is 18.8 Å². The highest BCUT2D eigenvalue weighted by Gasteiger charge is 2.21. The molecule has 0 atom stereocenters. The zero-order chi connectivity index (χ0) is 16.0. The zero-order valence-electron chi connectivity index (χ0n) is 13.2. The van der Waals surface area contributed by atoms with Crippen LogP contribution in [0.2, 0.25) is 0 Å². The topological polar surface area (TPSA) is 88.3 Å². The van der Waals surface area contributed by atoms with Gasteiger partial charge in [0.2, 0.25) is 5.91 Å². The summed E-state index contributed by atoms with van der Waals surface area (Å²) in [5.41, 5.74) is 0.447. The Hall–Kier alpha value is -1.92. The lowest BCUT2D eigenvalue weighted by molar-refractivity contribution is -0.130. The molecule has 0 bridgehead atoms. The maximum Gasteiger partial charge on any atom is 0.358 e. The van der Waals surface area contributed by atoms with Crippen LogP contribution in [0.25, 0.3) is 0 Å². The summed E-state index contributed by atoms with van der Waals surface area (Å²) in [4.78, 5) is 24.9. The summed E-state index contributed by atoms with van der Waals surface area (Å²) in [6.45, 7) is 6.75. The predicted molar refractivity (Wildman–Crippen MR) is 78.1 cm³/mol. The van der Waals surface area contributed by atoms with Crippen molar-refractivity contribution in [3.8, 4) is 0 Å². The SMILES string of the molecule is CCCCN(C)C(=O)Cn1nnc(C(=O)O)c1CC(C)C. The van der Waals surface area contributed by atoms with Gasteiger partial charge in [-0.3, -0.25) is 4.79 Å². The minimum Gasteiger partial charge on any atom is -0.476 e. The summed E-state index contributed by atoms with van der Waals surface area (Å²) >= 11 is 0. The third-order valence-electron chi connectivity index (χ3n) is 3.20. The van der Waals surface area contributed by atoms with E-state index in [1.165, 1.54) is 4.68 Å². The molecule has 0 aromatic carbocycles. The van der Waals surface area contributed by atoms with Crippen molar-refractivity contribution in [3.63, 3.8) is 0 Å². The molecule has 1 amide bonds. The molecule has 1 heterocycles. The second-order valence-corrected chi connectivity index (χ2v) is 5.61. The summed E-state index contributed by atoms with van der Waals surface area (Å²) in [6, 6.07) is 0. The van der Waals surface area contributed by atoms with Crippen LogP contribution in [0.3, 0.4) is 0 Å². The van der Waals surface area contributed by atoms with Crippen LogP contribution in [-0.4, -0.2) is 50.5 Å². The molecule has 0 radical (unpaired) electrons. The number of amides is 1. The maximum atomic E-state index is 12.1. The minimum absolute atomic E-state index is 0.0303. The number of unbranched alkanes of at least 4 members (excludes halogenated alkanes) is 1. The molecule has 0 spiro atoms. The Bertz CT molecular complexity index is 496. The molecule has 7 nitrogen and oxygen atoms in total. The number of rotatable bonds is 8. The number of aromatic nitrogens is 3. The third-order valence-corrected chi connectivity index (χ3v) is 3.20. The monoisotopic (exact) mass is 296 g/mol. The molecule has 0 saturated heterocycles. The summed E-state index contributed by atoms with van der Waals surface area (Å²) in [5.74, 6) is -0.938. The predicted octanol–water partition coefficient (Wildman–Crippen LogP) is 1.43. The van der Waals surface area contributed by atoms with Crippen molar-refractivity contribution in [2.24, 2.45) is 5.92 Å². The molecule has 0 aliphatic heterocycles. The lowest BCUT2D eigenvalue weighted by Gasteiger charge is -2.17. The fraction of sp³-hybridized carbons (Fsp3) is 0.714. The molecule has 0 saturated carbocycles. The van der Waals surface area contributed by atoms with Crippen LogP contribution in [0.1, 0.15) is 49.8 Å². The van der Waals surface area contributed by atoms with Gasteiger partial charge in [0.1, 0.15) is 6.54 Å². The Labute approximate surface area is 124 Å². The zero-order valence-corrected chi connectivity index (χ0v) is 13.2. The van der Waals surface area contributed by atoms with E-state index < -0.39 is 5.97 Å². The largest absolute Gasteiger partial charge is 0.476 e. The number of likely N-dealkylation sites (N-methyl/N-ethyl adjacent to an activating group) is 1.